The van der Waals surface area contributed by atoms with Crippen LogP contribution < -0.4 is 10.6 Å². The van der Waals surface area contributed by atoms with Crippen LogP contribution in [0.3, 0.4) is 0 Å². The fraction of sp³-hybridized carbons (Fsp3) is 0.182. The van der Waals surface area contributed by atoms with Gasteiger partial charge in [-0.25, -0.2) is 9.37 Å². The number of nitrogens with one attached hydrogen (secondary N) is 3. The molecule has 0 aliphatic carbocycles. The molecule has 1 unspecified atom stereocenters. The van der Waals surface area contributed by atoms with Crippen LogP contribution in [0.1, 0.15) is 24.1 Å². The second kappa shape index (κ2) is 8.08. The molecule has 28 heavy (non-hydrogen) atoms. The predicted molar refractivity (Wildman–Crippen MR) is 111 cm³/mol. The molecule has 2 aromatic carbocycles. The van der Waals surface area contributed by atoms with Crippen molar-refractivity contribution in [1.82, 2.24) is 15.0 Å². The van der Waals surface area contributed by atoms with Gasteiger partial charge >= 0.3 is 0 Å². The average molecular weight is 375 g/mol. The van der Waals surface area contributed by atoms with E-state index in [4.69, 9.17) is 0 Å². The van der Waals surface area contributed by atoms with E-state index in [1.54, 1.807) is 6.20 Å². The third kappa shape index (κ3) is 4.11. The Morgan fingerprint density at radius 2 is 1.96 bits per heavy atom. The highest BCUT2D eigenvalue weighted by Gasteiger charge is 2.07. The Labute approximate surface area is 163 Å². The lowest BCUT2D eigenvalue weighted by molar-refractivity contribution is 0.629. The van der Waals surface area contributed by atoms with Crippen LogP contribution in [-0.2, 0) is 6.42 Å². The fourth-order valence-corrected chi connectivity index (χ4v) is 3.25. The first-order chi connectivity index (χ1) is 13.7. The van der Waals surface area contributed by atoms with Gasteiger partial charge in [0.25, 0.3) is 0 Å². The van der Waals surface area contributed by atoms with Crippen molar-refractivity contribution in [2.75, 3.05) is 17.2 Å². The molecule has 0 amide bonds. The van der Waals surface area contributed by atoms with Crippen LogP contribution in [0, 0.1) is 5.82 Å². The van der Waals surface area contributed by atoms with Crippen molar-refractivity contribution in [2.24, 2.45) is 0 Å². The smallest absolute Gasteiger partial charge is 0.224 e. The van der Waals surface area contributed by atoms with Crippen LogP contribution in [0.2, 0.25) is 0 Å². The summed E-state index contributed by atoms with van der Waals surface area (Å²) in [5.41, 5.74) is 3.15. The van der Waals surface area contributed by atoms with Gasteiger partial charge in [-0.2, -0.15) is 4.98 Å². The Morgan fingerprint density at radius 3 is 2.82 bits per heavy atom. The van der Waals surface area contributed by atoms with Crippen molar-refractivity contribution < 1.29 is 4.39 Å². The zero-order chi connectivity index (χ0) is 19.3. The molecule has 0 aliphatic heterocycles. The highest BCUT2D eigenvalue weighted by molar-refractivity contribution is 5.83. The maximum absolute atomic E-state index is 13.3. The molecule has 3 N–H and O–H groups in total. The van der Waals surface area contributed by atoms with Crippen molar-refractivity contribution in [3.63, 3.8) is 0 Å². The molecule has 142 valence electrons. The number of rotatable bonds is 7. The minimum Gasteiger partial charge on any atom is -0.363 e. The number of aromatic nitrogens is 3. The van der Waals surface area contributed by atoms with E-state index in [9.17, 15) is 4.39 Å². The zero-order valence-electron chi connectivity index (χ0n) is 15.6. The molecule has 0 radical (unpaired) electrons. The SMILES string of the molecule is CC(Nc1ccnc(NCCc2c[nH]c3cc(F)ccc23)n1)c1ccccc1. The Balaban J connectivity index is 1.37. The lowest BCUT2D eigenvalue weighted by atomic mass is 10.1. The monoisotopic (exact) mass is 375 g/mol. The Bertz CT molecular complexity index is 1060. The van der Waals surface area contributed by atoms with Crippen molar-refractivity contribution >= 4 is 22.7 Å². The minimum atomic E-state index is -0.235. The normalized spacial score (nSPS) is 12.1. The molecule has 0 saturated heterocycles. The third-order valence-electron chi connectivity index (χ3n) is 4.73. The number of halogens is 1. The summed E-state index contributed by atoms with van der Waals surface area (Å²) < 4.78 is 13.3. The van der Waals surface area contributed by atoms with Crippen molar-refractivity contribution in [2.45, 2.75) is 19.4 Å². The Morgan fingerprint density at radius 1 is 1.11 bits per heavy atom. The lowest BCUT2D eigenvalue weighted by Gasteiger charge is -2.15. The van der Waals surface area contributed by atoms with Gasteiger partial charge in [-0.05, 0) is 48.7 Å². The van der Waals surface area contributed by atoms with Crippen LogP contribution in [0.4, 0.5) is 16.2 Å². The second-order valence-electron chi connectivity index (χ2n) is 6.72. The summed E-state index contributed by atoms with van der Waals surface area (Å²) >= 11 is 0. The maximum Gasteiger partial charge on any atom is 0.224 e. The van der Waals surface area contributed by atoms with Gasteiger partial charge in [-0.15, -0.1) is 0 Å². The molecule has 0 spiro atoms. The highest BCUT2D eigenvalue weighted by Crippen LogP contribution is 2.20. The lowest BCUT2D eigenvalue weighted by Crippen LogP contribution is -2.11. The molecule has 0 bridgehead atoms. The molecule has 2 heterocycles. The maximum atomic E-state index is 13.3. The summed E-state index contributed by atoms with van der Waals surface area (Å²) in [5.74, 6) is 1.12. The summed E-state index contributed by atoms with van der Waals surface area (Å²) in [6.07, 6.45) is 4.45. The van der Waals surface area contributed by atoms with E-state index in [1.807, 2.05) is 36.5 Å². The van der Waals surface area contributed by atoms with Crippen molar-refractivity contribution in [3.05, 3.63) is 83.9 Å². The van der Waals surface area contributed by atoms with Crippen LogP contribution in [0.15, 0.2) is 67.0 Å². The van der Waals surface area contributed by atoms with Crippen LogP contribution in [-0.4, -0.2) is 21.5 Å². The molecular formula is C22H22FN5. The van der Waals surface area contributed by atoms with E-state index in [2.05, 4.69) is 44.6 Å². The van der Waals surface area contributed by atoms with Gasteiger partial charge in [0.05, 0.1) is 0 Å². The van der Waals surface area contributed by atoms with E-state index in [0.717, 1.165) is 28.7 Å². The molecule has 6 heteroatoms. The van der Waals surface area contributed by atoms with Gasteiger partial charge in [0.1, 0.15) is 11.6 Å². The molecule has 4 rings (SSSR count). The van der Waals surface area contributed by atoms with Crippen molar-refractivity contribution in [1.29, 1.82) is 0 Å². The zero-order valence-corrected chi connectivity index (χ0v) is 15.6. The van der Waals surface area contributed by atoms with Crippen LogP contribution in [0.5, 0.6) is 0 Å². The Kier molecular flexibility index (Phi) is 5.19. The van der Waals surface area contributed by atoms with Gasteiger partial charge < -0.3 is 15.6 Å². The third-order valence-corrected chi connectivity index (χ3v) is 4.73. The van der Waals surface area contributed by atoms with Crippen LogP contribution in [0.25, 0.3) is 10.9 Å². The molecule has 0 fully saturated rings. The summed E-state index contributed by atoms with van der Waals surface area (Å²) in [6, 6.07) is 17.1. The number of H-pyrrole nitrogens is 1. The number of benzene rings is 2. The molecule has 2 aromatic heterocycles. The number of aromatic amines is 1. The molecule has 4 aromatic rings. The van der Waals surface area contributed by atoms with Gasteiger partial charge in [-0.1, -0.05) is 30.3 Å². The summed E-state index contributed by atoms with van der Waals surface area (Å²) in [6.45, 7) is 2.78. The molecule has 1 atom stereocenters. The number of nitrogens with zero attached hydrogens (tertiary/aromatic N) is 2. The first kappa shape index (κ1) is 18.0. The van der Waals surface area contributed by atoms with Gasteiger partial charge in [0.2, 0.25) is 5.95 Å². The van der Waals surface area contributed by atoms with Crippen molar-refractivity contribution in [3.8, 4) is 0 Å². The van der Waals surface area contributed by atoms with E-state index >= 15 is 0 Å². The van der Waals surface area contributed by atoms with E-state index in [1.165, 1.54) is 17.7 Å². The largest absolute Gasteiger partial charge is 0.363 e. The number of anilines is 2. The van der Waals surface area contributed by atoms with E-state index < -0.39 is 0 Å². The first-order valence-corrected chi connectivity index (χ1v) is 9.33. The molecule has 0 aliphatic rings. The first-order valence-electron chi connectivity index (χ1n) is 9.33. The fourth-order valence-electron chi connectivity index (χ4n) is 3.25. The number of fused-ring (bicyclic) bond motifs is 1. The second-order valence-corrected chi connectivity index (χ2v) is 6.72. The average Bonchev–Trinajstić information content (AvgIpc) is 3.11. The minimum absolute atomic E-state index is 0.149. The summed E-state index contributed by atoms with van der Waals surface area (Å²) in [5, 5.41) is 7.70. The summed E-state index contributed by atoms with van der Waals surface area (Å²) in [7, 11) is 0. The molecule has 5 nitrogen and oxygen atoms in total. The quantitative estimate of drug-likeness (QED) is 0.429. The van der Waals surface area contributed by atoms with Gasteiger partial charge in [0, 0.05) is 35.9 Å². The van der Waals surface area contributed by atoms with E-state index in [0.29, 0.717) is 12.5 Å². The van der Waals surface area contributed by atoms with Gasteiger partial charge in [-0.3, -0.25) is 0 Å². The standard InChI is InChI=1S/C22H22FN5/c1-15(16-5-3-2-4-6-16)27-21-10-12-25-22(28-21)24-11-9-17-14-26-20-13-18(23)7-8-19(17)20/h2-8,10,12-15,26H,9,11H2,1H3,(H2,24,25,27,28). The summed E-state index contributed by atoms with van der Waals surface area (Å²) in [4.78, 5) is 11.9. The predicted octanol–water partition coefficient (Wildman–Crippen LogP) is 4.92. The topological polar surface area (TPSA) is 65.6 Å². The van der Waals surface area contributed by atoms with E-state index in [-0.39, 0.29) is 11.9 Å². The number of hydrogen-bond acceptors (Lipinski definition) is 4. The molecule has 0 saturated carbocycles. The van der Waals surface area contributed by atoms with Crippen LogP contribution >= 0.6 is 0 Å². The molecular weight excluding hydrogens is 353 g/mol. The Hall–Kier alpha value is -3.41. The van der Waals surface area contributed by atoms with Gasteiger partial charge in [0.15, 0.2) is 0 Å². The number of hydrogen-bond donors (Lipinski definition) is 3. The highest BCUT2D eigenvalue weighted by atomic mass is 19.1.